The maximum atomic E-state index is 13.3. The Kier molecular flexibility index (Phi) is 2.60. The second-order valence-electron chi connectivity index (χ2n) is 3.64. The number of benzene rings is 1. The fraction of sp³-hybridized carbons (Fsp3) is 0.273. The van der Waals surface area contributed by atoms with Gasteiger partial charge in [-0.3, -0.25) is 15.0 Å². The minimum Gasteiger partial charge on any atom is -0.293 e. The zero-order valence-electron chi connectivity index (χ0n) is 8.79. The lowest BCUT2D eigenvalue weighted by Crippen LogP contribution is -2.49. The molecule has 4 nitrogen and oxygen atoms in total. The molecule has 0 aromatic heterocycles. The van der Waals surface area contributed by atoms with Gasteiger partial charge in [-0.1, -0.05) is 6.07 Å². The number of carbonyl (C=O) groups is 2. The van der Waals surface area contributed by atoms with E-state index in [2.05, 4.69) is 5.32 Å². The summed E-state index contributed by atoms with van der Waals surface area (Å²) in [6, 6.07) is 4.05. The highest BCUT2D eigenvalue weighted by Gasteiger charge is 2.25. The Morgan fingerprint density at radius 1 is 1.38 bits per heavy atom. The molecule has 0 bridgehead atoms. The van der Waals surface area contributed by atoms with Crippen LogP contribution in [0.3, 0.4) is 0 Å². The lowest BCUT2D eigenvalue weighted by Gasteiger charge is -2.27. The highest BCUT2D eigenvalue weighted by molar-refractivity contribution is 6.05. The van der Waals surface area contributed by atoms with E-state index in [-0.39, 0.29) is 24.7 Å². The summed E-state index contributed by atoms with van der Waals surface area (Å²) in [5.41, 5.74) is 0.914. The van der Waals surface area contributed by atoms with Gasteiger partial charge in [-0.15, -0.1) is 0 Å². The van der Waals surface area contributed by atoms with Gasteiger partial charge in [0.2, 0.25) is 5.91 Å². The quantitative estimate of drug-likeness (QED) is 0.784. The summed E-state index contributed by atoms with van der Waals surface area (Å²) >= 11 is 0. The number of imide groups is 1. The molecular weight excluding hydrogens is 211 g/mol. The fourth-order valence-corrected chi connectivity index (χ4v) is 1.68. The second kappa shape index (κ2) is 3.92. The Bertz CT molecular complexity index is 459. The molecule has 0 atom stereocenters. The second-order valence-corrected chi connectivity index (χ2v) is 3.64. The molecule has 1 fully saturated rings. The van der Waals surface area contributed by atoms with E-state index in [4.69, 9.17) is 0 Å². The summed E-state index contributed by atoms with van der Waals surface area (Å²) in [4.78, 5) is 23.9. The van der Waals surface area contributed by atoms with Crippen LogP contribution in [-0.2, 0) is 4.79 Å². The van der Waals surface area contributed by atoms with Crippen molar-refractivity contribution >= 4 is 17.6 Å². The van der Waals surface area contributed by atoms with Gasteiger partial charge in [0.25, 0.3) is 0 Å². The van der Waals surface area contributed by atoms with Gasteiger partial charge in [-0.05, 0) is 19.1 Å². The van der Waals surface area contributed by atoms with E-state index < -0.39 is 6.03 Å². The minimum atomic E-state index is -0.495. The molecule has 0 spiro atoms. The first kappa shape index (κ1) is 10.6. The molecule has 1 aromatic carbocycles. The lowest BCUT2D eigenvalue weighted by molar-refractivity contribution is -0.120. The molecule has 1 aliphatic rings. The van der Waals surface area contributed by atoms with E-state index in [1.165, 1.54) is 11.0 Å². The van der Waals surface area contributed by atoms with Crippen LogP contribution < -0.4 is 10.2 Å². The molecule has 1 heterocycles. The SMILES string of the molecule is Cc1c(F)cccc1N1CCC(=O)NC1=O. The third-order valence-corrected chi connectivity index (χ3v) is 2.58. The zero-order valence-corrected chi connectivity index (χ0v) is 8.79. The van der Waals surface area contributed by atoms with Crippen LogP contribution >= 0.6 is 0 Å². The Morgan fingerprint density at radius 3 is 2.81 bits per heavy atom. The standard InChI is InChI=1S/C11H11FN2O2/c1-7-8(12)3-2-4-9(7)14-6-5-10(15)13-11(14)16/h2-4H,5-6H2,1H3,(H,13,15,16). The van der Waals surface area contributed by atoms with Crippen LogP contribution in [0.2, 0.25) is 0 Å². The summed E-state index contributed by atoms with van der Waals surface area (Å²) in [6.45, 7) is 1.89. The van der Waals surface area contributed by atoms with Crippen molar-refractivity contribution in [3.05, 3.63) is 29.6 Å². The number of hydrogen-bond donors (Lipinski definition) is 1. The number of amides is 3. The maximum Gasteiger partial charge on any atom is 0.328 e. The highest BCUT2D eigenvalue weighted by Crippen LogP contribution is 2.23. The van der Waals surface area contributed by atoms with Crippen molar-refractivity contribution in [2.75, 3.05) is 11.4 Å². The third kappa shape index (κ3) is 1.76. The van der Waals surface area contributed by atoms with Crippen LogP contribution in [0.5, 0.6) is 0 Å². The minimum absolute atomic E-state index is 0.238. The molecule has 1 aromatic rings. The lowest BCUT2D eigenvalue weighted by atomic mass is 10.1. The van der Waals surface area contributed by atoms with Gasteiger partial charge in [0.1, 0.15) is 5.82 Å². The van der Waals surface area contributed by atoms with Crippen LogP contribution in [0.1, 0.15) is 12.0 Å². The Labute approximate surface area is 92.0 Å². The molecular formula is C11H11FN2O2. The van der Waals surface area contributed by atoms with Crippen LogP contribution in [0.15, 0.2) is 18.2 Å². The number of halogens is 1. The van der Waals surface area contributed by atoms with Gasteiger partial charge in [0, 0.05) is 18.5 Å². The summed E-state index contributed by atoms with van der Waals surface area (Å²) in [7, 11) is 0. The predicted octanol–water partition coefficient (Wildman–Crippen LogP) is 1.58. The number of nitrogens with zero attached hydrogens (tertiary/aromatic N) is 1. The Balaban J connectivity index is 2.34. The fourth-order valence-electron chi connectivity index (χ4n) is 1.68. The summed E-state index contributed by atoms with van der Waals surface area (Å²) in [5.74, 6) is -0.655. The van der Waals surface area contributed by atoms with E-state index in [1.807, 2.05) is 0 Å². The van der Waals surface area contributed by atoms with E-state index >= 15 is 0 Å². The van der Waals surface area contributed by atoms with Gasteiger partial charge in [-0.25, -0.2) is 9.18 Å². The molecule has 2 rings (SSSR count). The summed E-state index contributed by atoms with van der Waals surface area (Å²) < 4.78 is 13.3. The summed E-state index contributed by atoms with van der Waals surface area (Å²) in [6.07, 6.45) is 0.238. The number of rotatable bonds is 1. The molecule has 1 saturated heterocycles. The summed E-state index contributed by atoms with van der Waals surface area (Å²) in [5, 5.41) is 2.20. The predicted molar refractivity (Wildman–Crippen MR) is 56.6 cm³/mol. The van der Waals surface area contributed by atoms with Crippen molar-refractivity contribution in [2.45, 2.75) is 13.3 Å². The van der Waals surface area contributed by atoms with Crippen LogP contribution in [-0.4, -0.2) is 18.5 Å². The molecule has 1 aliphatic heterocycles. The number of nitrogens with one attached hydrogen (secondary N) is 1. The molecule has 1 N–H and O–H groups in total. The van der Waals surface area contributed by atoms with Crippen LogP contribution in [0.4, 0.5) is 14.9 Å². The van der Waals surface area contributed by atoms with E-state index in [9.17, 15) is 14.0 Å². The molecule has 3 amide bonds. The number of urea groups is 1. The average Bonchev–Trinajstić information content (AvgIpc) is 2.23. The first-order valence-electron chi connectivity index (χ1n) is 4.96. The molecule has 5 heteroatoms. The first-order valence-corrected chi connectivity index (χ1v) is 4.96. The monoisotopic (exact) mass is 222 g/mol. The van der Waals surface area contributed by atoms with Crippen molar-refractivity contribution in [3.8, 4) is 0 Å². The molecule has 0 radical (unpaired) electrons. The zero-order chi connectivity index (χ0) is 11.7. The van der Waals surface area contributed by atoms with Crippen molar-refractivity contribution in [2.24, 2.45) is 0 Å². The van der Waals surface area contributed by atoms with Crippen LogP contribution in [0.25, 0.3) is 0 Å². The molecule has 0 saturated carbocycles. The van der Waals surface area contributed by atoms with Gasteiger partial charge >= 0.3 is 6.03 Å². The Hall–Kier alpha value is -1.91. The van der Waals surface area contributed by atoms with E-state index in [1.54, 1.807) is 19.1 Å². The molecule has 0 aliphatic carbocycles. The topological polar surface area (TPSA) is 49.4 Å². The Morgan fingerprint density at radius 2 is 2.12 bits per heavy atom. The normalized spacial score (nSPS) is 16.2. The van der Waals surface area contributed by atoms with Gasteiger partial charge < -0.3 is 0 Å². The van der Waals surface area contributed by atoms with E-state index in [0.29, 0.717) is 11.3 Å². The molecule has 84 valence electrons. The smallest absolute Gasteiger partial charge is 0.293 e. The third-order valence-electron chi connectivity index (χ3n) is 2.58. The van der Waals surface area contributed by atoms with Crippen molar-refractivity contribution in [3.63, 3.8) is 0 Å². The van der Waals surface area contributed by atoms with Crippen molar-refractivity contribution in [1.82, 2.24) is 5.32 Å². The van der Waals surface area contributed by atoms with E-state index in [0.717, 1.165) is 0 Å². The number of carbonyl (C=O) groups excluding carboxylic acids is 2. The van der Waals surface area contributed by atoms with Gasteiger partial charge in [0.15, 0.2) is 0 Å². The average molecular weight is 222 g/mol. The van der Waals surface area contributed by atoms with Crippen LogP contribution in [0, 0.1) is 12.7 Å². The van der Waals surface area contributed by atoms with Gasteiger partial charge in [-0.2, -0.15) is 0 Å². The number of hydrogen-bond acceptors (Lipinski definition) is 2. The maximum absolute atomic E-state index is 13.3. The number of anilines is 1. The molecule has 0 unspecified atom stereocenters. The van der Waals surface area contributed by atoms with Crippen molar-refractivity contribution < 1.29 is 14.0 Å². The first-order chi connectivity index (χ1) is 7.59. The van der Waals surface area contributed by atoms with Gasteiger partial charge in [0.05, 0.1) is 5.69 Å². The highest BCUT2D eigenvalue weighted by atomic mass is 19.1. The molecule has 16 heavy (non-hydrogen) atoms. The largest absolute Gasteiger partial charge is 0.328 e. The van der Waals surface area contributed by atoms with Crippen molar-refractivity contribution in [1.29, 1.82) is 0 Å².